The van der Waals surface area contributed by atoms with Gasteiger partial charge in [0.2, 0.25) is 0 Å². The Labute approximate surface area is 112 Å². The molecular formula is C11H11N5O4. The first-order valence-electron chi connectivity index (χ1n) is 5.63. The third-order valence-electron chi connectivity index (χ3n) is 2.58. The molecule has 2 N–H and O–H groups in total. The van der Waals surface area contributed by atoms with Gasteiger partial charge in [0.1, 0.15) is 5.82 Å². The maximum atomic E-state index is 11.6. The van der Waals surface area contributed by atoms with Crippen LogP contribution in [0.15, 0.2) is 34.0 Å². The summed E-state index contributed by atoms with van der Waals surface area (Å²) < 4.78 is 1.03. The lowest BCUT2D eigenvalue weighted by molar-refractivity contribution is -0.386. The standard InChI is InChI=1S/C11H11N5O4/c1-12-9-4-2-3-7(13-9)5-15-6-8(16(19)20)10(17)14-11(15)18/h2-4,6H,5H2,1H3,(H,12,13)(H,14,17,18). The van der Waals surface area contributed by atoms with Crippen molar-refractivity contribution in [2.75, 3.05) is 12.4 Å². The van der Waals surface area contributed by atoms with Gasteiger partial charge in [0.05, 0.1) is 23.4 Å². The van der Waals surface area contributed by atoms with Gasteiger partial charge in [-0.05, 0) is 12.1 Å². The van der Waals surface area contributed by atoms with E-state index in [0.29, 0.717) is 11.5 Å². The third-order valence-corrected chi connectivity index (χ3v) is 2.58. The number of nitrogens with one attached hydrogen (secondary N) is 2. The highest BCUT2D eigenvalue weighted by Crippen LogP contribution is 2.06. The van der Waals surface area contributed by atoms with E-state index in [1.807, 2.05) is 4.98 Å². The van der Waals surface area contributed by atoms with Gasteiger partial charge in [0, 0.05) is 7.05 Å². The fourth-order valence-electron chi connectivity index (χ4n) is 1.63. The lowest BCUT2D eigenvalue weighted by Gasteiger charge is -2.06. The molecule has 2 aromatic rings. The van der Waals surface area contributed by atoms with E-state index in [2.05, 4.69) is 10.3 Å². The number of hydrogen-bond donors (Lipinski definition) is 2. The number of aromatic nitrogens is 3. The van der Waals surface area contributed by atoms with E-state index in [-0.39, 0.29) is 6.54 Å². The number of hydrogen-bond acceptors (Lipinski definition) is 6. The summed E-state index contributed by atoms with van der Waals surface area (Å²) in [6, 6.07) is 5.14. The lowest BCUT2D eigenvalue weighted by Crippen LogP contribution is -2.31. The largest absolute Gasteiger partial charge is 0.373 e. The minimum atomic E-state index is -1.02. The molecule has 0 aromatic carbocycles. The Bertz CT molecular complexity index is 764. The van der Waals surface area contributed by atoms with Crippen LogP contribution in [0.5, 0.6) is 0 Å². The van der Waals surface area contributed by atoms with Gasteiger partial charge in [-0.25, -0.2) is 9.78 Å². The van der Waals surface area contributed by atoms with Crippen LogP contribution in [0.25, 0.3) is 0 Å². The van der Waals surface area contributed by atoms with Gasteiger partial charge in [-0.15, -0.1) is 0 Å². The molecule has 0 aliphatic carbocycles. The maximum Gasteiger partial charge on any atom is 0.350 e. The lowest BCUT2D eigenvalue weighted by atomic mass is 10.3. The van der Waals surface area contributed by atoms with Crippen molar-refractivity contribution in [3.05, 3.63) is 61.0 Å². The summed E-state index contributed by atoms with van der Waals surface area (Å²) in [6.45, 7) is 0.0198. The molecule has 0 saturated carbocycles. The van der Waals surface area contributed by atoms with Crippen LogP contribution in [-0.4, -0.2) is 26.5 Å². The minimum absolute atomic E-state index is 0.0198. The van der Waals surface area contributed by atoms with Crippen LogP contribution in [0.4, 0.5) is 11.5 Å². The molecule has 0 amide bonds. The monoisotopic (exact) mass is 277 g/mol. The van der Waals surface area contributed by atoms with Crippen molar-refractivity contribution in [3.63, 3.8) is 0 Å². The summed E-state index contributed by atoms with van der Waals surface area (Å²) in [6.07, 6.45) is 0.912. The van der Waals surface area contributed by atoms with E-state index in [4.69, 9.17) is 0 Å². The Balaban J connectivity index is 2.43. The second-order valence-electron chi connectivity index (χ2n) is 3.92. The molecule has 0 bridgehead atoms. The van der Waals surface area contributed by atoms with E-state index in [9.17, 15) is 19.7 Å². The first-order chi connectivity index (χ1) is 9.51. The van der Waals surface area contributed by atoms with Gasteiger partial charge in [-0.2, -0.15) is 0 Å². The molecule has 2 aromatic heterocycles. The molecule has 0 spiro atoms. The Hall–Kier alpha value is -2.97. The molecule has 0 saturated heterocycles. The quantitative estimate of drug-likeness (QED) is 0.595. The van der Waals surface area contributed by atoms with E-state index in [1.54, 1.807) is 25.2 Å². The zero-order valence-electron chi connectivity index (χ0n) is 10.5. The number of aromatic amines is 1. The van der Waals surface area contributed by atoms with Crippen LogP contribution in [0.1, 0.15) is 5.69 Å². The van der Waals surface area contributed by atoms with Crippen LogP contribution >= 0.6 is 0 Å². The van der Waals surface area contributed by atoms with Gasteiger partial charge in [-0.1, -0.05) is 6.07 Å². The molecule has 0 radical (unpaired) electrons. The minimum Gasteiger partial charge on any atom is -0.373 e. The molecule has 9 heteroatoms. The van der Waals surface area contributed by atoms with Crippen molar-refractivity contribution in [1.29, 1.82) is 0 Å². The predicted octanol–water partition coefficient (Wildman–Crippen LogP) is -0.0702. The fraction of sp³-hybridized carbons (Fsp3) is 0.182. The Morgan fingerprint density at radius 3 is 2.85 bits per heavy atom. The zero-order valence-corrected chi connectivity index (χ0v) is 10.5. The van der Waals surface area contributed by atoms with Gasteiger partial charge in [-0.3, -0.25) is 24.5 Å². The van der Waals surface area contributed by atoms with E-state index in [0.717, 1.165) is 10.8 Å². The van der Waals surface area contributed by atoms with Gasteiger partial charge in [0.15, 0.2) is 0 Å². The Morgan fingerprint density at radius 2 is 2.20 bits per heavy atom. The maximum absolute atomic E-state index is 11.6. The SMILES string of the molecule is CNc1cccc(Cn2cc([N+](=O)[O-])c(=O)[nH]c2=O)n1. The molecule has 2 heterocycles. The topological polar surface area (TPSA) is 123 Å². The van der Waals surface area contributed by atoms with Crippen LogP contribution in [0, 0.1) is 10.1 Å². The molecule has 20 heavy (non-hydrogen) atoms. The van der Waals surface area contributed by atoms with Gasteiger partial charge >= 0.3 is 16.9 Å². The summed E-state index contributed by atoms with van der Waals surface area (Å²) in [5.74, 6) is 0.606. The second-order valence-corrected chi connectivity index (χ2v) is 3.92. The van der Waals surface area contributed by atoms with Crippen molar-refractivity contribution in [1.82, 2.24) is 14.5 Å². The smallest absolute Gasteiger partial charge is 0.350 e. The summed E-state index contributed by atoms with van der Waals surface area (Å²) >= 11 is 0. The van der Waals surface area contributed by atoms with E-state index in [1.165, 1.54) is 0 Å². The average Bonchev–Trinajstić information content (AvgIpc) is 2.41. The number of nitro groups is 1. The molecule has 0 aliphatic rings. The van der Waals surface area contributed by atoms with Crippen LogP contribution in [0.2, 0.25) is 0 Å². The number of anilines is 1. The van der Waals surface area contributed by atoms with Crippen LogP contribution in [0.3, 0.4) is 0 Å². The molecule has 2 rings (SSSR count). The summed E-state index contributed by atoms with van der Waals surface area (Å²) in [7, 11) is 1.70. The van der Waals surface area contributed by atoms with Crippen molar-refractivity contribution in [3.8, 4) is 0 Å². The summed E-state index contributed by atoms with van der Waals surface area (Å²) in [4.78, 5) is 38.8. The van der Waals surface area contributed by atoms with Crippen molar-refractivity contribution in [2.45, 2.75) is 6.54 Å². The summed E-state index contributed by atoms with van der Waals surface area (Å²) in [5.41, 5.74) is -1.90. The van der Waals surface area contributed by atoms with Crippen LogP contribution < -0.4 is 16.6 Å². The van der Waals surface area contributed by atoms with Gasteiger partial charge in [0.25, 0.3) is 0 Å². The number of nitrogens with zero attached hydrogens (tertiary/aromatic N) is 3. The average molecular weight is 277 g/mol. The fourth-order valence-corrected chi connectivity index (χ4v) is 1.63. The molecular weight excluding hydrogens is 266 g/mol. The first-order valence-corrected chi connectivity index (χ1v) is 5.63. The number of rotatable bonds is 4. The molecule has 9 nitrogen and oxygen atoms in total. The molecule has 0 atom stereocenters. The van der Waals surface area contributed by atoms with Crippen LogP contribution in [-0.2, 0) is 6.54 Å². The van der Waals surface area contributed by atoms with Gasteiger partial charge < -0.3 is 5.32 Å². The number of H-pyrrole nitrogens is 1. The molecule has 104 valence electrons. The second kappa shape index (κ2) is 5.34. The third kappa shape index (κ3) is 2.71. The normalized spacial score (nSPS) is 10.2. The highest BCUT2D eigenvalue weighted by Gasteiger charge is 2.15. The molecule has 0 unspecified atom stereocenters. The molecule has 0 aliphatic heterocycles. The highest BCUT2D eigenvalue weighted by molar-refractivity contribution is 5.34. The highest BCUT2D eigenvalue weighted by atomic mass is 16.6. The number of pyridine rings is 1. The first kappa shape index (κ1) is 13.5. The van der Waals surface area contributed by atoms with E-state index >= 15 is 0 Å². The molecule has 0 fully saturated rings. The van der Waals surface area contributed by atoms with Crippen molar-refractivity contribution >= 4 is 11.5 Å². The Morgan fingerprint density at radius 1 is 1.45 bits per heavy atom. The zero-order chi connectivity index (χ0) is 14.7. The predicted molar refractivity (Wildman–Crippen MR) is 70.9 cm³/mol. The van der Waals surface area contributed by atoms with Crippen molar-refractivity contribution < 1.29 is 4.92 Å². The Kier molecular flexibility index (Phi) is 3.60. The summed E-state index contributed by atoms with van der Waals surface area (Å²) in [5, 5.41) is 13.5. The van der Waals surface area contributed by atoms with Crippen molar-refractivity contribution in [2.24, 2.45) is 0 Å². The van der Waals surface area contributed by atoms with E-state index < -0.39 is 21.9 Å².